The number of halogens is 1. The van der Waals surface area contributed by atoms with Crippen molar-refractivity contribution < 1.29 is 0 Å². The zero-order chi connectivity index (χ0) is 14.9. The number of nitrogen functional groups attached to an aromatic ring is 1. The van der Waals surface area contributed by atoms with Crippen molar-refractivity contribution in [2.75, 3.05) is 0 Å². The SMILES string of the molecule is Cn1[nH]c(=O)c(=O)nc1Sc1cccc(Br)c1C(=N)N. The summed E-state index contributed by atoms with van der Waals surface area (Å²) in [5.41, 5.74) is 4.43. The van der Waals surface area contributed by atoms with Gasteiger partial charge in [-0.05, 0) is 39.8 Å². The molecule has 0 spiro atoms. The number of rotatable bonds is 3. The summed E-state index contributed by atoms with van der Waals surface area (Å²) < 4.78 is 2.02. The number of benzene rings is 1. The molecule has 1 aromatic carbocycles. The summed E-state index contributed by atoms with van der Waals surface area (Å²) in [7, 11) is 1.57. The quantitative estimate of drug-likeness (QED) is 0.424. The molecule has 0 fully saturated rings. The zero-order valence-corrected chi connectivity index (χ0v) is 12.7. The van der Waals surface area contributed by atoms with Crippen LogP contribution in [0, 0.1) is 5.41 Å². The number of aromatic nitrogens is 3. The number of nitrogens with one attached hydrogen (secondary N) is 2. The average Bonchev–Trinajstić information content (AvgIpc) is 2.35. The lowest BCUT2D eigenvalue weighted by Gasteiger charge is -2.10. The van der Waals surface area contributed by atoms with Gasteiger partial charge in [-0.3, -0.25) is 24.8 Å². The Morgan fingerprint density at radius 2 is 2.20 bits per heavy atom. The molecule has 0 bridgehead atoms. The number of nitrogens with zero attached hydrogens (tertiary/aromatic N) is 2. The molecule has 0 unspecified atom stereocenters. The second kappa shape index (κ2) is 5.63. The van der Waals surface area contributed by atoms with Crippen LogP contribution in [0.1, 0.15) is 5.56 Å². The van der Waals surface area contributed by atoms with Crippen LogP contribution in [0.2, 0.25) is 0 Å². The fraction of sp³-hybridized carbons (Fsp3) is 0.0909. The Kier molecular flexibility index (Phi) is 4.09. The molecule has 20 heavy (non-hydrogen) atoms. The predicted molar refractivity (Wildman–Crippen MR) is 79.4 cm³/mol. The van der Waals surface area contributed by atoms with Gasteiger partial charge >= 0.3 is 11.1 Å². The maximum absolute atomic E-state index is 11.3. The lowest BCUT2D eigenvalue weighted by Crippen LogP contribution is -2.33. The molecular weight excluding hydrogens is 346 g/mol. The first kappa shape index (κ1) is 14.5. The molecule has 0 aliphatic rings. The van der Waals surface area contributed by atoms with Gasteiger partial charge in [0.2, 0.25) is 0 Å². The minimum Gasteiger partial charge on any atom is -0.384 e. The van der Waals surface area contributed by atoms with E-state index in [4.69, 9.17) is 11.1 Å². The average molecular weight is 356 g/mol. The van der Waals surface area contributed by atoms with E-state index in [0.717, 1.165) is 11.8 Å². The molecule has 0 aliphatic carbocycles. The molecule has 0 amide bonds. The maximum atomic E-state index is 11.3. The first-order valence-corrected chi connectivity index (χ1v) is 6.99. The number of aryl methyl sites for hydroxylation is 1. The van der Waals surface area contributed by atoms with E-state index in [0.29, 0.717) is 20.1 Å². The van der Waals surface area contributed by atoms with Crippen LogP contribution in [-0.2, 0) is 7.05 Å². The molecular formula is C11H10BrN5O2S. The van der Waals surface area contributed by atoms with Crippen LogP contribution in [0.3, 0.4) is 0 Å². The van der Waals surface area contributed by atoms with E-state index >= 15 is 0 Å². The van der Waals surface area contributed by atoms with E-state index in [1.807, 2.05) is 0 Å². The van der Waals surface area contributed by atoms with Crippen LogP contribution in [0.25, 0.3) is 0 Å². The standard InChI is InChI=1S/C11H10BrN5O2S/c1-17-11(15-9(18)10(19)16-17)20-6-4-2-3-5(12)7(6)8(13)14/h2-4H,1H3,(H3,13,14)(H,16,19). The Hall–Kier alpha value is -1.87. The Labute approximate surface area is 125 Å². The summed E-state index contributed by atoms with van der Waals surface area (Å²) in [6.45, 7) is 0. The fourth-order valence-corrected chi connectivity index (χ4v) is 3.19. The van der Waals surface area contributed by atoms with E-state index < -0.39 is 11.1 Å². The normalized spacial score (nSPS) is 10.5. The van der Waals surface area contributed by atoms with E-state index in [2.05, 4.69) is 26.0 Å². The van der Waals surface area contributed by atoms with Crippen LogP contribution in [0.4, 0.5) is 0 Å². The van der Waals surface area contributed by atoms with Gasteiger partial charge in [-0.1, -0.05) is 6.07 Å². The predicted octanol–water partition coefficient (Wildman–Crippen LogP) is 0.666. The molecule has 1 heterocycles. The van der Waals surface area contributed by atoms with Crippen molar-refractivity contribution in [1.82, 2.24) is 14.8 Å². The Balaban J connectivity index is 2.54. The van der Waals surface area contributed by atoms with Gasteiger partial charge in [0.1, 0.15) is 5.84 Å². The van der Waals surface area contributed by atoms with Gasteiger partial charge in [-0.25, -0.2) is 0 Å². The summed E-state index contributed by atoms with van der Waals surface area (Å²) in [4.78, 5) is 26.8. The summed E-state index contributed by atoms with van der Waals surface area (Å²) in [6, 6.07) is 5.30. The van der Waals surface area contributed by atoms with E-state index in [9.17, 15) is 9.59 Å². The van der Waals surface area contributed by atoms with E-state index in [1.165, 1.54) is 4.68 Å². The van der Waals surface area contributed by atoms with Crippen LogP contribution in [0.5, 0.6) is 0 Å². The van der Waals surface area contributed by atoms with Crippen molar-refractivity contribution in [1.29, 1.82) is 5.41 Å². The van der Waals surface area contributed by atoms with Crippen molar-refractivity contribution >= 4 is 33.5 Å². The van der Waals surface area contributed by atoms with Gasteiger partial charge in [-0.2, -0.15) is 4.98 Å². The number of amidine groups is 1. The number of hydrogen-bond acceptors (Lipinski definition) is 5. The molecule has 0 saturated heterocycles. The largest absolute Gasteiger partial charge is 0.384 e. The summed E-state index contributed by atoms with van der Waals surface area (Å²) in [5, 5.41) is 10.3. The van der Waals surface area contributed by atoms with Crippen LogP contribution < -0.4 is 16.9 Å². The zero-order valence-electron chi connectivity index (χ0n) is 10.3. The molecule has 0 atom stereocenters. The number of nitrogens with two attached hydrogens (primary N) is 1. The Morgan fingerprint density at radius 3 is 2.85 bits per heavy atom. The fourth-order valence-electron chi connectivity index (χ4n) is 1.50. The van der Waals surface area contributed by atoms with E-state index in [1.54, 1.807) is 25.2 Å². The minimum atomic E-state index is -0.857. The maximum Gasteiger partial charge on any atom is 0.339 e. The summed E-state index contributed by atoms with van der Waals surface area (Å²) in [6.07, 6.45) is 0. The topological polar surface area (TPSA) is 118 Å². The first-order valence-electron chi connectivity index (χ1n) is 5.38. The highest BCUT2D eigenvalue weighted by atomic mass is 79.9. The molecule has 1 aromatic heterocycles. The molecule has 2 rings (SSSR count). The number of aromatic amines is 1. The monoisotopic (exact) mass is 355 g/mol. The lowest BCUT2D eigenvalue weighted by molar-refractivity contribution is 0.596. The molecule has 0 aliphatic heterocycles. The minimum absolute atomic E-state index is 0.102. The van der Waals surface area contributed by atoms with Gasteiger partial charge in [0.25, 0.3) is 0 Å². The van der Waals surface area contributed by atoms with Crippen LogP contribution >= 0.6 is 27.7 Å². The van der Waals surface area contributed by atoms with Crippen molar-refractivity contribution in [2.24, 2.45) is 12.8 Å². The lowest BCUT2D eigenvalue weighted by atomic mass is 10.2. The third-order valence-electron chi connectivity index (χ3n) is 2.39. The molecule has 2 aromatic rings. The van der Waals surface area contributed by atoms with E-state index in [-0.39, 0.29) is 5.84 Å². The smallest absolute Gasteiger partial charge is 0.339 e. The van der Waals surface area contributed by atoms with Gasteiger partial charge < -0.3 is 5.73 Å². The molecule has 0 saturated carbocycles. The number of hydrogen-bond donors (Lipinski definition) is 3. The second-order valence-corrected chi connectivity index (χ2v) is 5.69. The molecule has 0 radical (unpaired) electrons. The van der Waals surface area contributed by atoms with Crippen molar-refractivity contribution in [3.63, 3.8) is 0 Å². The molecule has 7 nitrogen and oxygen atoms in total. The Morgan fingerprint density at radius 1 is 1.50 bits per heavy atom. The second-order valence-electron chi connectivity index (χ2n) is 3.83. The van der Waals surface area contributed by atoms with Crippen LogP contribution in [-0.4, -0.2) is 20.6 Å². The van der Waals surface area contributed by atoms with Crippen molar-refractivity contribution in [3.05, 3.63) is 48.9 Å². The van der Waals surface area contributed by atoms with Gasteiger partial charge in [0.15, 0.2) is 5.16 Å². The highest BCUT2D eigenvalue weighted by Gasteiger charge is 2.13. The molecule has 4 N–H and O–H groups in total. The number of H-pyrrole nitrogens is 1. The van der Waals surface area contributed by atoms with Gasteiger partial charge in [0.05, 0.1) is 0 Å². The third kappa shape index (κ3) is 2.83. The van der Waals surface area contributed by atoms with Gasteiger partial charge in [0, 0.05) is 22.0 Å². The highest BCUT2D eigenvalue weighted by molar-refractivity contribution is 9.10. The summed E-state index contributed by atoms with van der Waals surface area (Å²) >= 11 is 4.46. The first-order chi connectivity index (χ1) is 9.40. The Bertz CT molecular complexity index is 798. The third-order valence-corrected chi connectivity index (χ3v) is 4.16. The summed E-state index contributed by atoms with van der Waals surface area (Å²) in [5.74, 6) is -0.102. The van der Waals surface area contributed by atoms with Crippen molar-refractivity contribution in [3.8, 4) is 0 Å². The van der Waals surface area contributed by atoms with Gasteiger partial charge in [-0.15, -0.1) is 0 Å². The molecule has 9 heteroatoms. The molecule has 104 valence electrons. The van der Waals surface area contributed by atoms with Crippen LogP contribution in [0.15, 0.2) is 42.3 Å². The van der Waals surface area contributed by atoms with Crippen molar-refractivity contribution in [2.45, 2.75) is 10.1 Å². The highest BCUT2D eigenvalue weighted by Crippen LogP contribution is 2.31.